The summed E-state index contributed by atoms with van der Waals surface area (Å²) in [5.74, 6) is 0.261. The molecule has 0 spiro atoms. The fraction of sp³-hybridized carbons (Fsp3) is 0.462. The molecular formula is C13H15ClN2O. The van der Waals surface area contributed by atoms with Gasteiger partial charge in [-0.3, -0.25) is 4.79 Å². The third-order valence-electron chi connectivity index (χ3n) is 3.75. The Morgan fingerprint density at radius 3 is 2.65 bits per heavy atom. The molecule has 1 amide bonds. The van der Waals surface area contributed by atoms with E-state index in [9.17, 15) is 4.79 Å². The summed E-state index contributed by atoms with van der Waals surface area (Å²) in [6.07, 6.45) is 3.32. The van der Waals surface area contributed by atoms with Crippen molar-refractivity contribution in [2.24, 2.45) is 5.92 Å². The van der Waals surface area contributed by atoms with Crippen molar-refractivity contribution in [3.8, 4) is 0 Å². The molecule has 3 atom stereocenters. The molecule has 1 aromatic rings. The number of halogens is 1. The largest absolute Gasteiger partial charge is 0.326 e. The first-order chi connectivity index (χ1) is 8.22. The molecule has 3 unspecified atom stereocenters. The Kier molecular flexibility index (Phi) is 2.81. The van der Waals surface area contributed by atoms with Gasteiger partial charge < -0.3 is 10.6 Å². The number of amides is 1. The Morgan fingerprint density at radius 1 is 1.29 bits per heavy atom. The van der Waals surface area contributed by atoms with Gasteiger partial charge in [-0.25, -0.2) is 0 Å². The molecule has 2 saturated heterocycles. The second kappa shape index (κ2) is 4.31. The van der Waals surface area contributed by atoms with Crippen molar-refractivity contribution in [1.29, 1.82) is 0 Å². The van der Waals surface area contributed by atoms with Crippen molar-refractivity contribution in [3.63, 3.8) is 0 Å². The molecule has 1 aromatic carbocycles. The van der Waals surface area contributed by atoms with Gasteiger partial charge in [0.2, 0.25) is 5.91 Å². The quantitative estimate of drug-likeness (QED) is 0.847. The molecule has 3 rings (SSSR count). The molecular weight excluding hydrogens is 236 g/mol. The van der Waals surface area contributed by atoms with Crippen molar-refractivity contribution in [1.82, 2.24) is 5.32 Å². The lowest BCUT2D eigenvalue weighted by Gasteiger charge is -2.19. The molecule has 2 heterocycles. The maximum atomic E-state index is 12.1. The number of hydrogen-bond acceptors (Lipinski definition) is 2. The Hall–Kier alpha value is -1.06. The highest BCUT2D eigenvalue weighted by Crippen LogP contribution is 2.33. The van der Waals surface area contributed by atoms with E-state index in [-0.39, 0.29) is 11.8 Å². The van der Waals surface area contributed by atoms with Gasteiger partial charge in [-0.1, -0.05) is 11.6 Å². The first kappa shape index (κ1) is 11.1. The number of carbonyl (C=O) groups excluding carboxylic acids is 1. The first-order valence-corrected chi connectivity index (χ1v) is 6.42. The lowest BCUT2D eigenvalue weighted by atomic mass is 9.88. The molecule has 90 valence electrons. The Labute approximate surface area is 106 Å². The molecule has 0 radical (unpaired) electrons. The number of fused-ring (bicyclic) bond motifs is 2. The molecule has 0 aliphatic carbocycles. The van der Waals surface area contributed by atoms with E-state index in [0.29, 0.717) is 17.1 Å². The van der Waals surface area contributed by atoms with Crippen molar-refractivity contribution in [2.75, 3.05) is 5.32 Å². The molecule has 4 heteroatoms. The van der Waals surface area contributed by atoms with Crippen LogP contribution >= 0.6 is 11.6 Å². The summed E-state index contributed by atoms with van der Waals surface area (Å²) in [6.45, 7) is 0. The monoisotopic (exact) mass is 250 g/mol. The van der Waals surface area contributed by atoms with Gasteiger partial charge in [-0.2, -0.15) is 0 Å². The van der Waals surface area contributed by atoms with Crippen LogP contribution < -0.4 is 10.6 Å². The molecule has 2 bridgehead atoms. The van der Waals surface area contributed by atoms with Crippen LogP contribution in [0.1, 0.15) is 19.3 Å². The molecule has 3 nitrogen and oxygen atoms in total. The number of nitrogens with one attached hydrogen (secondary N) is 2. The van der Waals surface area contributed by atoms with Crippen LogP contribution in [-0.4, -0.2) is 18.0 Å². The summed E-state index contributed by atoms with van der Waals surface area (Å²) in [5.41, 5.74) is 0.821. The number of hydrogen-bond donors (Lipinski definition) is 2. The van der Waals surface area contributed by atoms with Gasteiger partial charge in [0.1, 0.15) is 0 Å². The molecule has 0 aromatic heterocycles. The van der Waals surface area contributed by atoms with Crippen molar-refractivity contribution < 1.29 is 4.79 Å². The minimum absolute atomic E-state index is 0.129. The maximum absolute atomic E-state index is 12.1. The molecule has 2 aliphatic heterocycles. The van der Waals surface area contributed by atoms with Gasteiger partial charge in [-0.15, -0.1) is 0 Å². The maximum Gasteiger partial charge on any atom is 0.229 e. The van der Waals surface area contributed by atoms with E-state index in [1.807, 2.05) is 12.1 Å². The summed E-state index contributed by atoms with van der Waals surface area (Å²) in [6, 6.07) is 8.18. The summed E-state index contributed by atoms with van der Waals surface area (Å²) < 4.78 is 0. The van der Waals surface area contributed by atoms with Gasteiger partial charge in [-0.05, 0) is 43.5 Å². The minimum Gasteiger partial charge on any atom is -0.326 e. The zero-order valence-corrected chi connectivity index (χ0v) is 10.2. The lowest BCUT2D eigenvalue weighted by Crippen LogP contribution is -2.32. The number of anilines is 1. The predicted octanol–water partition coefficient (Wildman–Crippen LogP) is 2.42. The predicted molar refractivity (Wildman–Crippen MR) is 68.1 cm³/mol. The van der Waals surface area contributed by atoms with E-state index < -0.39 is 0 Å². The zero-order valence-electron chi connectivity index (χ0n) is 9.45. The van der Waals surface area contributed by atoms with Gasteiger partial charge in [0.25, 0.3) is 0 Å². The molecule has 2 aliphatic rings. The Bertz CT molecular complexity index is 432. The van der Waals surface area contributed by atoms with Crippen molar-refractivity contribution in [2.45, 2.75) is 31.3 Å². The highest BCUT2D eigenvalue weighted by Gasteiger charge is 2.42. The van der Waals surface area contributed by atoms with Crippen LogP contribution in [0.3, 0.4) is 0 Å². The number of carbonyl (C=O) groups is 1. The molecule has 0 saturated carbocycles. The third kappa shape index (κ3) is 2.17. The van der Waals surface area contributed by atoms with Crippen LogP contribution in [0.15, 0.2) is 24.3 Å². The highest BCUT2D eigenvalue weighted by molar-refractivity contribution is 6.30. The average Bonchev–Trinajstić information content (AvgIpc) is 2.94. The summed E-state index contributed by atoms with van der Waals surface area (Å²) in [7, 11) is 0. The van der Waals surface area contributed by atoms with Crippen LogP contribution in [0.25, 0.3) is 0 Å². The standard InChI is InChI=1S/C13H15ClN2O/c14-8-1-3-9(4-2-8)16-13(17)11-7-10-5-6-12(11)15-10/h1-4,10-12,15H,5-7H2,(H,16,17). The summed E-state index contributed by atoms with van der Waals surface area (Å²) in [5, 5.41) is 7.11. The Morgan fingerprint density at radius 2 is 2.06 bits per heavy atom. The second-order valence-electron chi connectivity index (χ2n) is 4.89. The molecule has 2 N–H and O–H groups in total. The van der Waals surface area contributed by atoms with Gasteiger partial charge in [0.15, 0.2) is 0 Å². The number of benzene rings is 1. The number of rotatable bonds is 2. The van der Waals surface area contributed by atoms with E-state index in [4.69, 9.17) is 11.6 Å². The van der Waals surface area contributed by atoms with Crippen LogP contribution in [0.5, 0.6) is 0 Å². The topological polar surface area (TPSA) is 41.1 Å². The highest BCUT2D eigenvalue weighted by atomic mass is 35.5. The third-order valence-corrected chi connectivity index (χ3v) is 4.00. The minimum atomic E-state index is 0.129. The van der Waals surface area contributed by atoms with Crippen LogP contribution in [-0.2, 0) is 4.79 Å². The fourth-order valence-electron chi connectivity index (χ4n) is 2.88. The SMILES string of the molecule is O=C(Nc1ccc(Cl)cc1)C1CC2CCC1N2. The van der Waals surface area contributed by atoms with Gasteiger partial charge in [0, 0.05) is 22.8 Å². The van der Waals surface area contributed by atoms with Gasteiger partial charge in [0.05, 0.1) is 5.92 Å². The molecule has 17 heavy (non-hydrogen) atoms. The van der Waals surface area contributed by atoms with Crippen LogP contribution in [0.2, 0.25) is 5.02 Å². The normalized spacial score (nSPS) is 30.5. The van der Waals surface area contributed by atoms with Crippen LogP contribution in [0.4, 0.5) is 5.69 Å². The smallest absolute Gasteiger partial charge is 0.229 e. The van der Waals surface area contributed by atoms with Gasteiger partial charge >= 0.3 is 0 Å². The average molecular weight is 251 g/mol. The fourth-order valence-corrected chi connectivity index (χ4v) is 3.01. The van der Waals surface area contributed by atoms with E-state index in [0.717, 1.165) is 18.5 Å². The van der Waals surface area contributed by atoms with E-state index in [1.54, 1.807) is 12.1 Å². The zero-order chi connectivity index (χ0) is 11.8. The Balaban J connectivity index is 1.65. The second-order valence-corrected chi connectivity index (χ2v) is 5.32. The summed E-state index contributed by atoms with van der Waals surface area (Å²) >= 11 is 5.80. The van der Waals surface area contributed by atoms with E-state index in [2.05, 4.69) is 10.6 Å². The summed E-state index contributed by atoms with van der Waals surface area (Å²) in [4.78, 5) is 12.1. The van der Waals surface area contributed by atoms with E-state index >= 15 is 0 Å². The first-order valence-electron chi connectivity index (χ1n) is 6.05. The van der Waals surface area contributed by atoms with Crippen molar-refractivity contribution >= 4 is 23.2 Å². The van der Waals surface area contributed by atoms with Crippen molar-refractivity contribution in [3.05, 3.63) is 29.3 Å². The van der Waals surface area contributed by atoms with E-state index in [1.165, 1.54) is 6.42 Å². The van der Waals surface area contributed by atoms with Crippen LogP contribution in [0, 0.1) is 5.92 Å². The molecule has 2 fully saturated rings. The lowest BCUT2D eigenvalue weighted by molar-refractivity contribution is -0.120.